The van der Waals surface area contributed by atoms with Gasteiger partial charge in [-0.3, -0.25) is 5.32 Å². The van der Waals surface area contributed by atoms with Crippen molar-refractivity contribution < 1.29 is 17.9 Å². The van der Waals surface area contributed by atoms with E-state index in [4.69, 9.17) is 4.74 Å². The van der Waals surface area contributed by atoms with E-state index in [1.165, 1.54) is 6.07 Å². The Morgan fingerprint density at radius 3 is 2.32 bits per heavy atom. The van der Waals surface area contributed by atoms with Gasteiger partial charge in [0.2, 0.25) is 0 Å². The first-order valence-corrected chi connectivity index (χ1v) is 10.1. The van der Waals surface area contributed by atoms with Crippen LogP contribution < -0.4 is 5.32 Å². The van der Waals surface area contributed by atoms with Crippen molar-refractivity contribution in [3.05, 3.63) is 58.6 Å². The van der Waals surface area contributed by atoms with Crippen molar-refractivity contribution in [3.63, 3.8) is 0 Å². The number of nitrogens with one attached hydrogen (secondary N) is 1. The second-order valence-electron chi connectivity index (χ2n) is 5.82. The third-order valence-electron chi connectivity index (χ3n) is 3.56. The van der Waals surface area contributed by atoms with E-state index >= 15 is 0 Å². The number of carbonyl (C=O) groups excluding carboxylic acids is 1. The second-order valence-corrected chi connectivity index (χ2v) is 8.91. The summed E-state index contributed by atoms with van der Waals surface area (Å²) >= 11 is 3.29. The molecule has 2 aromatic carbocycles. The minimum Gasteiger partial charge on any atom is -0.447 e. The standard InChI is InChI=1S/C18H20BrNO4S/c1-12(2)24-18(21)20-15-9-10-16(19)17(11-15)25(22,23)13(3)14-7-5-4-6-8-14/h4-13H,1-3H3,(H,20,21). The van der Waals surface area contributed by atoms with Gasteiger partial charge in [0.15, 0.2) is 9.84 Å². The van der Waals surface area contributed by atoms with Crippen LogP contribution in [0.15, 0.2) is 57.9 Å². The summed E-state index contributed by atoms with van der Waals surface area (Å²) in [6.45, 7) is 5.11. The lowest BCUT2D eigenvalue weighted by Crippen LogP contribution is -2.18. The van der Waals surface area contributed by atoms with Crippen LogP contribution in [0.1, 0.15) is 31.6 Å². The van der Waals surface area contributed by atoms with Crippen LogP contribution in [0.2, 0.25) is 0 Å². The minimum atomic E-state index is -3.64. The fraction of sp³-hybridized carbons (Fsp3) is 0.278. The molecule has 1 unspecified atom stereocenters. The number of hydrogen-bond acceptors (Lipinski definition) is 4. The lowest BCUT2D eigenvalue weighted by Gasteiger charge is -2.16. The van der Waals surface area contributed by atoms with Crippen molar-refractivity contribution in [1.29, 1.82) is 0 Å². The van der Waals surface area contributed by atoms with Crippen molar-refractivity contribution in [2.24, 2.45) is 0 Å². The molecule has 0 radical (unpaired) electrons. The van der Waals surface area contributed by atoms with Gasteiger partial charge in [-0.05, 0) is 60.5 Å². The zero-order chi connectivity index (χ0) is 18.6. The predicted molar refractivity (Wildman–Crippen MR) is 101 cm³/mol. The van der Waals surface area contributed by atoms with Crippen LogP contribution in [-0.2, 0) is 14.6 Å². The Morgan fingerprint density at radius 2 is 1.72 bits per heavy atom. The first kappa shape index (κ1) is 19.5. The van der Waals surface area contributed by atoms with Gasteiger partial charge in [-0.1, -0.05) is 30.3 Å². The molecule has 0 spiro atoms. The lowest BCUT2D eigenvalue weighted by molar-refractivity contribution is 0.130. The van der Waals surface area contributed by atoms with E-state index in [2.05, 4.69) is 21.2 Å². The number of carbonyl (C=O) groups is 1. The highest BCUT2D eigenvalue weighted by molar-refractivity contribution is 9.10. The number of rotatable bonds is 5. The number of halogens is 1. The quantitative estimate of drug-likeness (QED) is 0.735. The molecule has 1 N–H and O–H groups in total. The molecule has 0 aliphatic heterocycles. The Morgan fingerprint density at radius 1 is 1.08 bits per heavy atom. The van der Waals surface area contributed by atoms with Gasteiger partial charge in [0.25, 0.3) is 0 Å². The molecular formula is C18H20BrNO4S. The van der Waals surface area contributed by atoms with Gasteiger partial charge < -0.3 is 4.74 Å². The normalized spacial score (nSPS) is 12.7. The molecular weight excluding hydrogens is 406 g/mol. The molecule has 0 heterocycles. The average molecular weight is 426 g/mol. The van der Waals surface area contributed by atoms with E-state index in [0.29, 0.717) is 15.7 Å². The largest absolute Gasteiger partial charge is 0.447 e. The highest BCUT2D eigenvalue weighted by Gasteiger charge is 2.27. The predicted octanol–water partition coefficient (Wildman–Crippen LogP) is 4.94. The maximum absolute atomic E-state index is 13.0. The molecule has 2 aromatic rings. The number of ether oxygens (including phenoxy) is 1. The van der Waals surface area contributed by atoms with Crippen LogP contribution in [0.25, 0.3) is 0 Å². The van der Waals surface area contributed by atoms with Crippen LogP contribution in [0.5, 0.6) is 0 Å². The van der Waals surface area contributed by atoms with E-state index in [9.17, 15) is 13.2 Å². The Kier molecular flexibility index (Phi) is 6.24. The zero-order valence-corrected chi connectivity index (χ0v) is 16.6. The summed E-state index contributed by atoms with van der Waals surface area (Å²) in [5.41, 5.74) is 1.06. The van der Waals surface area contributed by atoms with Gasteiger partial charge >= 0.3 is 6.09 Å². The summed E-state index contributed by atoms with van der Waals surface area (Å²) in [4.78, 5) is 11.8. The van der Waals surface area contributed by atoms with Gasteiger partial charge in [0, 0.05) is 10.2 Å². The molecule has 0 aromatic heterocycles. The minimum absolute atomic E-state index is 0.117. The molecule has 0 saturated heterocycles. The van der Waals surface area contributed by atoms with Crippen molar-refractivity contribution in [2.75, 3.05) is 5.32 Å². The first-order chi connectivity index (χ1) is 11.7. The molecule has 7 heteroatoms. The molecule has 5 nitrogen and oxygen atoms in total. The number of anilines is 1. The maximum Gasteiger partial charge on any atom is 0.411 e. The average Bonchev–Trinajstić information content (AvgIpc) is 2.55. The molecule has 0 saturated carbocycles. The van der Waals surface area contributed by atoms with E-state index in [-0.39, 0.29) is 11.0 Å². The molecule has 0 fully saturated rings. The van der Waals surface area contributed by atoms with E-state index in [1.54, 1.807) is 57.2 Å². The maximum atomic E-state index is 13.0. The second kappa shape index (κ2) is 8.01. The number of hydrogen-bond donors (Lipinski definition) is 1. The van der Waals surface area contributed by atoms with Crippen LogP contribution in [0.3, 0.4) is 0 Å². The van der Waals surface area contributed by atoms with Gasteiger partial charge in [-0.15, -0.1) is 0 Å². The third-order valence-corrected chi connectivity index (χ3v) is 6.67. The van der Waals surface area contributed by atoms with E-state index in [0.717, 1.165) is 0 Å². The highest BCUT2D eigenvalue weighted by Crippen LogP contribution is 2.34. The molecule has 134 valence electrons. The molecule has 0 aliphatic carbocycles. The van der Waals surface area contributed by atoms with Gasteiger partial charge in [0.1, 0.15) is 0 Å². The summed E-state index contributed by atoms with van der Waals surface area (Å²) in [5, 5.41) is 1.83. The Labute approximate surface area is 156 Å². The summed E-state index contributed by atoms with van der Waals surface area (Å²) in [6.07, 6.45) is -0.895. The summed E-state index contributed by atoms with van der Waals surface area (Å²) in [7, 11) is -3.64. The summed E-state index contributed by atoms with van der Waals surface area (Å²) < 4.78 is 31.4. The van der Waals surface area contributed by atoms with Crippen molar-refractivity contribution in [2.45, 2.75) is 37.0 Å². The van der Waals surface area contributed by atoms with Crippen molar-refractivity contribution in [1.82, 2.24) is 0 Å². The Bertz CT molecular complexity index is 851. The highest BCUT2D eigenvalue weighted by atomic mass is 79.9. The number of amides is 1. The Balaban J connectivity index is 2.34. The SMILES string of the molecule is CC(C)OC(=O)Nc1ccc(Br)c(S(=O)(=O)C(C)c2ccccc2)c1. The van der Waals surface area contributed by atoms with E-state index < -0.39 is 21.2 Å². The van der Waals surface area contributed by atoms with E-state index in [1.807, 2.05) is 6.07 Å². The summed E-state index contributed by atoms with van der Waals surface area (Å²) in [5.74, 6) is 0. The number of benzene rings is 2. The van der Waals surface area contributed by atoms with Crippen molar-refractivity contribution in [3.8, 4) is 0 Å². The molecule has 1 atom stereocenters. The fourth-order valence-electron chi connectivity index (χ4n) is 2.25. The molecule has 25 heavy (non-hydrogen) atoms. The molecule has 2 rings (SSSR count). The van der Waals surface area contributed by atoms with Crippen LogP contribution in [0, 0.1) is 0 Å². The zero-order valence-electron chi connectivity index (χ0n) is 14.2. The van der Waals surface area contributed by atoms with Crippen molar-refractivity contribution >= 4 is 37.5 Å². The topological polar surface area (TPSA) is 72.5 Å². The lowest BCUT2D eigenvalue weighted by atomic mass is 10.2. The monoisotopic (exact) mass is 425 g/mol. The molecule has 0 aliphatic rings. The van der Waals surface area contributed by atoms with Gasteiger partial charge in [0.05, 0.1) is 16.2 Å². The van der Waals surface area contributed by atoms with Crippen LogP contribution >= 0.6 is 15.9 Å². The van der Waals surface area contributed by atoms with Crippen LogP contribution in [0.4, 0.5) is 10.5 Å². The first-order valence-electron chi connectivity index (χ1n) is 7.78. The smallest absolute Gasteiger partial charge is 0.411 e. The van der Waals surface area contributed by atoms with Gasteiger partial charge in [-0.25, -0.2) is 13.2 Å². The van der Waals surface area contributed by atoms with Crippen LogP contribution in [-0.4, -0.2) is 20.6 Å². The molecule has 1 amide bonds. The summed E-state index contributed by atoms with van der Waals surface area (Å²) in [6, 6.07) is 13.6. The fourth-order valence-corrected chi connectivity index (χ4v) is 4.71. The Hall–Kier alpha value is -1.86. The number of sulfone groups is 1. The third kappa shape index (κ3) is 4.83. The molecule has 0 bridgehead atoms. The van der Waals surface area contributed by atoms with Gasteiger partial charge in [-0.2, -0.15) is 0 Å².